The quantitative estimate of drug-likeness (QED) is 0.771. The highest BCUT2D eigenvalue weighted by molar-refractivity contribution is 5.98. The number of carbonyl (C=O) groups excluding carboxylic acids is 1. The van der Waals surface area contributed by atoms with Crippen molar-refractivity contribution in [2.24, 2.45) is 11.7 Å². The second kappa shape index (κ2) is 4.66. The molecule has 3 heteroatoms. The zero-order valence-electron chi connectivity index (χ0n) is 9.48. The highest BCUT2D eigenvalue weighted by atomic mass is 16.5. The monoisotopic (exact) mass is 219 g/mol. The normalized spacial score (nSPS) is 16.9. The highest BCUT2D eigenvalue weighted by Crippen LogP contribution is 2.27. The summed E-state index contributed by atoms with van der Waals surface area (Å²) in [6.07, 6.45) is 2.60. The molecule has 1 aromatic rings. The van der Waals surface area contributed by atoms with Crippen LogP contribution in [0.15, 0.2) is 24.3 Å². The first-order valence-electron chi connectivity index (χ1n) is 5.71. The molecule has 16 heavy (non-hydrogen) atoms. The minimum absolute atomic E-state index is 0.0868. The summed E-state index contributed by atoms with van der Waals surface area (Å²) in [4.78, 5) is 11.9. The van der Waals surface area contributed by atoms with Crippen molar-refractivity contribution < 1.29 is 9.53 Å². The Kier molecular flexibility index (Phi) is 3.25. The summed E-state index contributed by atoms with van der Waals surface area (Å²) < 4.78 is 5.65. The van der Waals surface area contributed by atoms with E-state index >= 15 is 0 Å². The molecule has 2 rings (SSSR count). The van der Waals surface area contributed by atoms with Crippen molar-refractivity contribution in [1.82, 2.24) is 0 Å². The van der Waals surface area contributed by atoms with Crippen LogP contribution in [0, 0.1) is 5.92 Å². The van der Waals surface area contributed by atoms with Gasteiger partial charge in [0, 0.05) is 18.0 Å². The molecule has 1 fully saturated rings. The summed E-state index contributed by atoms with van der Waals surface area (Å²) in [5, 5.41) is 0. The summed E-state index contributed by atoms with van der Waals surface area (Å²) in [6.45, 7) is 2.23. The Labute approximate surface area is 95.6 Å². The van der Waals surface area contributed by atoms with Gasteiger partial charge in [0.1, 0.15) is 5.75 Å². The third-order valence-electron chi connectivity index (χ3n) is 2.75. The number of Topliss-reactive ketones (excluding diaryl/α,β-unsaturated/α-hetero) is 1. The van der Waals surface area contributed by atoms with Gasteiger partial charge in [0.2, 0.25) is 0 Å². The highest BCUT2D eigenvalue weighted by Gasteiger charge is 2.23. The molecule has 0 radical (unpaired) electrons. The van der Waals surface area contributed by atoms with Gasteiger partial charge >= 0.3 is 0 Å². The molecule has 0 aromatic heterocycles. The van der Waals surface area contributed by atoms with Crippen LogP contribution in [0.5, 0.6) is 5.75 Å². The fourth-order valence-electron chi connectivity index (χ4n) is 1.49. The average Bonchev–Trinajstić information content (AvgIpc) is 3.11. The van der Waals surface area contributed by atoms with E-state index in [9.17, 15) is 4.79 Å². The van der Waals surface area contributed by atoms with E-state index in [2.05, 4.69) is 0 Å². The van der Waals surface area contributed by atoms with Crippen LogP contribution in [0.2, 0.25) is 0 Å². The predicted molar refractivity (Wildman–Crippen MR) is 62.6 cm³/mol. The number of nitrogens with two attached hydrogens (primary N) is 1. The van der Waals surface area contributed by atoms with E-state index in [0.29, 0.717) is 18.2 Å². The topological polar surface area (TPSA) is 52.3 Å². The number of benzene rings is 1. The van der Waals surface area contributed by atoms with Crippen molar-refractivity contribution in [3.05, 3.63) is 29.8 Å². The lowest BCUT2D eigenvalue weighted by Crippen LogP contribution is -2.20. The molecule has 0 saturated heterocycles. The van der Waals surface area contributed by atoms with E-state index in [0.717, 1.165) is 18.6 Å². The Balaban J connectivity index is 2.10. The van der Waals surface area contributed by atoms with E-state index < -0.39 is 0 Å². The van der Waals surface area contributed by atoms with E-state index in [-0.39, 0.29) is 11.7 Å². The molecule has 2 N–H and O–H groups in total. The number of ketones is 1. The van der Waals surface area contributed by atoms with Gasteiger partial charge in [-0.15, -0.1) is 0 Å². The Morgan fingerprint density at radius 3 is 2.94 bits per heavy atom. The maximum absolute atomic E-state index is 11.9. The molecule has 1 saturated carbocycles. The molecular formula is C13H17NO2. The van der Waals surface area contributed by atoms with Gasteiger partial charge in [-0.25, -0.2) is 0 Å². The van der Waals surface area contributed by atoms with Crippen molar-refractivity contribution in [1.29, 1.82) is 0 Å². The zero-order valence-corrected chi connectivity index (χ0v) is 9.48. The Morgan fingerprint density at radius 2 is 2.31 bits per heavy atom. The number of hydrogen-bond donors (Lipinski definition) is 1. The molecule has 1 unspecified atom stereocenters. The van der Waals surface area contributed by atoms with Gasteiger partial charge in [-0.05, 0) is 25.0 Å². The average molecular weight is 219 g/mol. The van der Waals surface area contributed by atoms with Crippen molar-refractivity contribution in [2.75, 3.05) is 6.54 Å². The lowest BCUT2D eigenvalue weighted by atomic mass is 9.99. The second-order valence-corrected chi connectivity index (χ2v) is 4.35. The van der Waals surface area contributed by atoms with Gasteiger partial charge in [0.05, 0.1) is 6.10 Å². The van der Waals surface area contributed by atoms with Crippen LogP contribution in [0.3, 0.4) is 0 Å². The van der Waals surface area contributed by atoms with Gasteiger partial charge in [-0.1, -0.05) is 19.1 Å². The van der Waals surface area contributed by atoms with Gasteiger partial charge < -0.3 is 10.5 Å². The van der Waals surface area contributed by atoms with Crippen molar-refractivity contribution >= 4 is 5.78 Å². The first-order valence-corrected chi connectivity index (χ1v) is 5.71. The SMILES string of the molecule is CC(CN)C(=O)c1cccc(OC2CC2)c1. The summed E-state index contributed by atoms with van der Waals surface area (Å²) >= 11 is 0. The number of carbonyl (C=O) groups is 1. The second-order valence-electron chi connectivity index (χ2n) is 4.35. The smallest absolute Gasteiger partial charge is 0.167 e. The number of hydrogen-bond acceptors (Lipinski definition) is 3. The van der Waals surface area contributed by atoms with Crippen LogP contribution in [0.4, 0.5) is 0 Å². The molecule has 86 valence electrons. The molecule has 1 aliphatic rings. The fourth-order valence-corrected chi connectivity index (χ4v) is 1.49. The van der Waals surface area contributed by atoms with Crippen molar-refractivity contribution in [3.8, 4) is 5.75 Å². The molecule has 0 aliphatic heterocycles. The van der Waals surface area contributed by atoms with E-state index in [1.165, 1.54) is 0 Å². The Morgan fingerprint density at radius 1 is 1.56 bits per heavy atom. The Bertz CT molecular complexity index is 385. The summed E-state index contributed by atoms with van der Waals surface area (Å²) in [5.74, 6) is 0.748. The third-order valence-corrected chi connectivity index (χ3v) is 2.75. The van der Waals surface area contributed by atoms with Crippen LogP contribution < -0.4 is 10.5 Å². The molecule has 3 nitrogen and oxygen atoms in total. The van der Waals surface area contributed by atoms with Crippen LogP contribution >= 0.6 is 0 Å². The molecule has 1 aliphatic carbocycles. The van der Waals surface area contributed by atoms with Crippen LogP contribution in [-0.4, -0.2) is 18.4 Å². The van der Waals surface area contributed by atoms with Gasteiger partial charge in [-0.3, -0.25) is 4.79 Å². The van der Waals surface area contributed by atoms with Gasteiger partial charge in [-0.2, -0.15) is 0 Å². The molecule has 1 atom stereocenters. The first-order chi connectivity index (χ1) is 7.70. The maximum atomic E-state index is 11.9. The first kappa shape index (κ1) is 11.1. The minimum Gasteiger partial charge on any atom is -0.490 e. The van der Waals surface area contributed by atoms with E-state index in [1.54, 1.807) is 0 Å². The van der Waals surface area contributed by atoms with Crippen LogP contribution in [0.25, 0.3) is 0 Å². The zero-order chi connectivity index (χ0) is 11.5. The van der Waals surface area contributed by atoms with E-state index in [4.69, 9.17) is 10.5 Å². The maximum Gasteiger partial charge on any atom is 0.167 e. The predicted octanol–water partition coefficient (Wildman–Crippen LogP) is 2.01. The van der Waals surface area contributed by atoms with Gasteiger partial charge in [0.15, 0.2) is 5.78 Å². The molecule has 0 heterocycles. The molecule has 0 bridgehead atoms. The van der Waals surface area contributed by atoms with Crippen LogP contribution in [-0.2, 0) is 0 Å². The minimum atomic E-state index is -0.129. The largest absolute Gasteiger partial charge is 0.490 e. The molecule has 0 amide bonds. The fraction of sp³-hybridized carbons (Fsp3) is 0.462. The molecular weight excluding hydrogens is 202 g/mol. The summed E-state index contributed by atoms with van der Waals surface area (Å²) in [7, 11) is 0. The summed E-state index contributed by atoms with van der Waals surface area (Å²) in [6, 6.07) is 7.37. The van der Waals surface area contributed by atoms with Crippen molar-refractivity contribution in [3.63, 3.8) is 0 Å². The number of rotatable bonds is 5. The van der Waals surface area contributed by atoms with Crippen molar-refractivity contribution in [2.45, 2.75) is 25.9 Å². The number of ether oxygens (including phenoxy) is 1. The molecule has 1 aromatic carbocycles. The summed E-state index contributed by atoms with van der Waals surface area (Å²) in [5.41, 5.74) is 6.18. The molecule has 0 spiro atoms. The third kappa shape index (κ3) is 2.61. The standard InChI is InChI=1S/C13H17NO2/c1-9(8-14)13(15)10-3-2-4-12(7-10)16-11-5-6-11/h2-4,7,9,11H,5-6,8,14H2,1H3. The van der Waals surface area contributed by atoms with E-state index in [1.807, 2.05) is 31.2 Å². The van der Waals surface area contributed by atoms with Gasteiger partial charge in [0.25, 0.3) is 0 Å². The lowest BCUT2D eigenvalue weighted by molar-refractivity contribution is 0.0933. The lowest BCUT2D eigenvalue weighted by Gasteiger charge is -2.09. The van der Waals surface area contributed by atoms with Crippen LogP contribution in [0.1, 0.15) is 30.1 Å². The Hall–Kier alpha value is -1.35.